The number of hydrogen-bond acceptors (Lipinski definition) is 6. The molecule has 2 heterocycles. The maximum atomic E-state index is 12.7. The van der Waals surface area contributed by atoms with Crippen LogP contribution >= 0.6 is 0 Å². The highest BCUT2D eigenvalue weighted by atomic mass is 16.5. The number of imidazole rings is 1. The molecule has 2 aliphatic carbocycles. The lowest BCUT2D eigenvalue weighted by molar-refractivity contribution is -0.118. The number of amides is 1. The van der Waals surface area contributed by atoms with Crippen LogP contribution in [-0.4, -0.2) is 26.0 Å². The minimum Gasteiger partial charge on any atom is -0.485 e. The summed E-state index contributed by atoms with van der Waals surface area (Å²) in [6, 6.07) is 7.29. The number of aryl methyl sites for hydroxylation is 1. The Bertz CT molecular complexity index is 974. The maximum Gasteiger partial charge on any atom is 0.233 e. The number of nitrogens with one attached hydrogen (secondary N) is 2. The van der Waals surface area contributed by atoms with Crippen molar-refractivity contribution in [3.8, 4) is 5.75 Å². The zero-order valence-corrected chi connectivity index (χ0v) is 15.4. The molecule has 8 nitrogen and oxygen atoms in total. The lowest BCUT2D eigenvalue weighted by Gasteiger charge is -2.20. The molecule has 1 saturated carbocycles. The van der Waals surface area contributed by atoms with E-state index < -0.39 is 0 Å². The van der Waals surface area contributed by atoms with E-state index >= 15 is 0 Å². The minimum atomic E-state index is -0.204. The minimum absolute atomic E-state index is 0.0267. The van der Waals surface area contributed by atoms with Crippen LogP contribution in [0.4, 0.5) is 5.69 Å². The standard InChI is InChI=1S/C20H21N5O3/c26-19(15-2-1-3-16-18(15)22-11-21-16)23-13-6-8-14(9-7-13)27-10-17-24-20(28-25-17)12-4-5-12/h6-9,11-12,15H,1-5,10H2,(H,21,22)(H,23,26)/t15-/m1/s1. The monoisotopic (exact) mass is 379 g/mol. The Morgan fingerprint density at radius 2 is 2.11 bits per heavy atom. The van der Waals surface area contributed by atoms with Gasteiger partial charge in [0.05, 0.1) is 17.9 Å². The molecule has 0 spiro atoms. The molecule has 1 amide bonds. The van der Waals surface area contributed by atoms with Gasteiger partial charge >= 0.3 is 0 Å². The number of carbonyl (C=O) groups is 1. The van der Waals surface area contributed by atoms with Crippen LogP contribution < -0.4 is 10.1 Å². The van der Waals surface area contributed by atoms with Crippen LogP contribution in [0.3, 0.4) is 0 Å². The van der Waals surface area contributed by atoms with E-state index in [4.69, 9.17) is 9.26 Å². The van der Waals surface area contributed by atoms with Crippen molar-refractivity contribution in [2.24, 2.45) is 0 Å². The third kappa shape index (κ3) is 3.49. The number of aromatic amines is 1. The fourth-order valence-corrected chi connectivity index (χ4v) is 3.54. The van der Waals surface area contributed by atoms with Crippen molar-refractivity contribution in [2.45, 2.75) is 50.5 Å². The van der Waals surface area contributed by atoms with Gasteiger partial charge in [-0.3, -0.25) is 4.79 Å². The van der Waals surface area contributed by atoms with Gasteiger partial charge in [0.2, 0.25) is 17.6 Å². The quantitative estimate of drug-likeness (QED) is 0.681. The molecule has 28 heavy (non-hydrogen) atoms. The summed E-state index contributed by atoms with van der Waals surface area (Å²) in [5.74, 6) is 2.14. The Balaban J connectivity index is 1.18. The molecule has 3 aromatic rings. The first-order valence-electron chi connectivity index (χ1n) is 9.64. The molecule has 0 unspecified atom stereocenters. The first kappa shape index (κ1) is 17.0. The third-order valence-corrected chi connectivity index (χ3v) is 5.22. The number of H-pyrrole nitrogens is 1. The number of anilines is 1. The van der Waals surface area contributed by atoms with E-state index in [1.165, 1.54) is 0 Å². The Morgan fingerprint density at radius 3 is 2.93 bits per heavy atom. The second-order valence-corrected chi connectivity index (χ2v) is 7.34. The van der Waals surface area contributed by atoms with Gasteiger partial charge < -0.3 is 19.6 Å². The van der Waals surface area contributed by atoms with Crippen LogP contribution in [0.2, 0.25) is 0 Å². The fraction of sp³-hybridized carbons (Fsp3) is 0.400. The fourth-order valence-electron chi connectivity index (χ4n) is 3.54. The summed E-state index contributed by atoms with van der Waals surface area (Å²) in [5, 5.41) is 6.92. The third-order valence-electron chi connectivity index (χ3n) is 5.22. The highest BCUT2D eigenvalue weighted by Gasteiger charge is 2.30. The molecule has 5 rings (SSSR count). The van der Waals surface area contributed by atoms with Gasteiger partial charge in [-0.2, -0.15) is 4.98 Å². The Hall–Kier alpha value is -3.16. The summed E-state index contributed by atoms with van der Waals surface area (Å²) in [6.07, 6.45) is 6.67. The summed E-state index contributed by atoms with van der Waals surface area (Å²) in [6.45, 7) is 0.256. The number of aromatic nitrogens is 4. The number of carbonyl (C=O) groups excluding carboxylic acids is 1. The highest BCUT2D eigenvalue weighted by Crippen LogP contribution is 2.38. The molecule has 8 heteroatoms. The van der Waals surface area contributed by atoms with Crippen LogP contribution in [0.25, 0.3) is 0 Å². The van der Waals surface area contributed by atoms with Crippen molar-refractivity contribution in [2.75, 3.05) is 5.32 Å². The predicted molar refractivity (Wildman–Crippen MR) is 99.9 cm³/mol. The van der Waals surface area contributed by atoms with E-state index in [-0.39, 0.29) is 18.4 Å². The summed E-state index contributed by atoms with van der Waals surface area (Å²) >= 11 is 0. The SMILES string of the molecule is O=C(Nc1ccc(OCc2noc(C3CC3)n2)cc1)[C@@H]1CCCc2[nH]cnc21. The van der Waals surface area contributed by atoms with E-state index in [9.17, 15) is 4.79 Å². The lowest BCUT2D eigenvalue weighted by atomic mass is 9.89. The van der Waals surface area contributed by atoms with Crippen LogP contribution in [-0.2, 0) is 17.8 Å². The Kier molecular flexibility index (Phi) is 4.31. The Morgan fingerprint density at radius 1 is 1.25 bits per heavy atom. The average molecular weight is 379 g/mol. The lowest BCUT2D eigenvalue weighted by Crippen LogP contribution is -2.24. The van der Waals surface area contributed by atoms with E-state index in [0.717, 1.165) is 49.2 Å². The molecule has 0 bridgehead atoms. The van der Waals surface area contributed by atoms with Gasteiger partial charge in [-0.1, -0.05) is 5.16 Å². The summed E-state index contributed by atoms with van der Waals surface area (Å²) in [7, 11) is 0. The summed E-state index contributed by atoms with van der Waals surface area (Å²) < 4.78 is 10.9. The number of nitrogens with zero attached hydrogens (tertiary/aromatic N) is 3. The van der Waals surface area contributed by atoms with Gasteiger partial charge in [-0.05, 0) is 56.4 Å². The topological polar surface area (TPSA) is 106 Å². The Labute approximate surface area is 161 Å². The number of hydrogen-bond donors (Lipinski definition) is 2. The molecule has 0 aliphatic heterocycles. The molecule has 0 radical (unpaired) electrons. The molecule has 2 N–H and O–H groups in total. The molecular formula is C20H21N5O3. The van der Waals surface area contributed by atoms with E-state index in [1.807, 2.05) is 24.3 Å². The number of fused-ring (bicyclic) bond motifs is 1. The van der Waals surface area contributed by atoms with E-state index in [2.05, 4.69) is 25.4 Å². The molecule has 2 aromatic heterocycles. The van der Waals surface area contributed by atoms with Crippen LogP contribution in [0, 0.1) is 0 Å². The molecule has 2 aliphatic rings. The van der Waals surface area contributed by atoms with Crippen LogP contribution in [0.5, 0.6) is 5.75 Å². The van der Waals surface area contributed by atoms with Gasteiger partial charge in [0.1, 0.15) is 5.75 Å². The van der Waals surface area contributed by atoms with Crippen molar-refractivity contribution >= 4 is 11.6 Å². The molecule has 1 aromatic carbocycles. The van der Waals surface area contributed by atoms with Crippen molar-refractivity contribution < 1.29 is 14.1 Å². The van der Waals surface area contributed by atoms with Crippen molar-refractivity contribution in [3.05, 3.63) is 53.7 Å². The molecule has 0 saturated heterocycles. The summed E-state index contributed by atoms with van der Waals surface area (Å²) in [4.78, 5) is 24.5. The first-order valence-corrected chi connectivity index (χ1v) is 9.64. The number of ether oxygens (including phenoxy) is 1. The average Bonchev–Trinajstić information content (AvgIpc) is 3.26. The van der Waals surface area contributed by atoms with E-state index in [1.54, 1.807) is 6.33 Å². The number of benzene rings is 1. The van der Waals surface area contributed by atoms with Gasteiger partial charge in [0.25, 0.3) is 0 Å². The number of rotatable bonds is 6. The largest absolute Gasteiger partial charge is 0.485 e. The van der Waals surface area contributed by atoms with Gasteiger partial charge in [0, 0.05) is 17.3 Å². The molecule has 144 valence electrons. The van der Waals surface area contributed by atoms with E-state index in [0.29, 0.717) is 23.4 Å². The van der Waals surface area contributed by atoms with Crippen LogP contribution in [0.1, 0.15) is 60.6 Å². The van der Waals surface area contributed by atoms with Crippen molar-refractivity contribution in [1.29, 1.82) is 0 Å². The smallest absolute Gasteiger partial charge is 0.233 e. The zero-order chi connectivity index (χ0) is 18.9. The van der Waals surface area contributed by atoms with Crippen LogP contribution in [0.15, 0.2) is 35.1 Å². The van der Waals surface area contributed by atoms with Crippen molar-refractivity contribution in [3.63, 3.8) is 0 Å². The maximum absolute atomic E-state index is 12.7. The second kappa shape index (κ2) is 7.10. The molecular weight excluding hydrogens is 358 g/mol. The highest BCUT2D eigenvalue weighted by molar-refractivity contribution is 5.95. The zero-order valence-electron chi connectivity index (χ0n) is 15.4. The predicted octanol–water partition coefficient (Wildman–Crippen LogP) is 3.31. The first-order chi connectivity index (χ1) is 13.8. The van der Waals surface area contributed by atoms with Crippen molar-refractivity contribution in [1.82, 2.24) is 20.1 Å². The second-order valence-electron chi connectivity index (χ2n) is 7.34. The summed E-state index contributed by atoms with van der Waals surface area (Å²) in [5.41, 5.74) is 2.67. The van der Waals surface area contributed by atoms with Gasteiger partial charge in [-0.15, -0.1) is 0 Å². The molecule has 1 fully saturated rings. The molecule has 1 atom stereocenters. The normalized spacial score (nSPS) is 18.5. The van der Waals surface area contributed by atoms with Gasteiger partial charge in [-0.25, -0.2) is 4.98 Å². The van der Waals surface area contributed by atoms with Gasteiger partial charge in [0.15, 0.2) is 6.61 Å².